The van der Waals surface area contributed by atoms with Gasteiger partial charge in [-0.1, -0.05) is 12.1 Å². The first kappa shape index (κ1) is 12.7. The number of benzene rings is 1. The average molecular weight is 247 g/mol. The van der Waals surface area contributed by atoms with Crippen LogP contribution in [0.15, 0.2) is 23.0 Å². The van der Waals surface area contributed by atoms with E-state index in [4.69, 9.17) is 5.11 Å². The largest absolute Gasteiger partial charge is 0.395 e. The summed E-state index contributed by atoms with van der Waals surface area (Å²) in [4.78, 5) is 21.1. The van der Waals surface area contributed by atoms with Crippen molar-refractivity contribution in [2.24, 2.45) is 0 Å². The van der Waals surface area contributed by atoms with E-state index in [-0.39, 0.29) is 12.2 Å². The predicted molar refractivity (Wildman–Crippen MR) is 70.5 cm³/mol. The fourth-order valence-corrected chi connectivity index (χ4v) is 1.93. The van der Waals surface area contributed by atoms with Crippen molar-refractivity contribution in [3.63, 3.8) is 0 Å². The predicted octanol–water partition coefficient (Wildman–Crippen LogP) is 0.656. The molecule has 5 heteroatoms. The van der Waals surface area contributed by atoms with E-state index in [0.717, 1.165) is 11.1 Å². The zero-order chi connectivity index (χ0) is 13.1. The monoisotopic (exact) mass is 247 g/mol. The maximum Gasteiger partial charge on any atom is 0.258 e. The molecule has 2 N–H and O–H groups in total. The molecule has 0 aliphatic rings. The van der Waals surface area contributed by atoms with Crippen molar-refractivity contribution in [3.8, 4) is 0 Å². The van der Waals surface area contributed by atoms with Gasteiger partial charge in [-0.2, -0.15) is 0 Å². The van der Waals surface area contributed by atoms with Crippen LogP contribution in [-0.4, -0.2) is 40.2 Å². The van der Waals surface area contributed by atoms with Gasteiger partial charge in [-0.15, -0.1) is 0 Å². The fraction of sp³-hybridized carbons (Fsp3) is 0.385. The van der Waals surface area contributed by atoms with Crippen LogP contribution in [0.5, 0.6) is 0 Å². The van der Waals surface area contributed by atoms with Crippen molar-refractivity contribution in [1.29, 1.82) is 0 Å². The molecular weight excluding hydrogens is 230 g/mol. The van der Waals surface area contributed by atoms with Crippen molar-refractivity contribution in [3.05, 3.63) is 39.9 Å². The van der Waals surface area contributed by atoms with Gasteiger partial charge in [0.25, 0.3) is 5.56 Å². The lowest BCUT2D eigenvalue weighted by Gasteiger charge is -2.14. The number of aromatic nitrogens is 2. The Morgan fingerprint density at radius 1 is 1.44 bits per heavy atom. The highest BCUT2D eigenvalue weighted by Gasteiger charge is 2.07. The number of hydrogen-bond acceptors (Lipinski definition) is 4. The number of aliphatic hydroxyl groups excluding tert-OH is 1. The first-order chi connectivity index (χ1) is 8.61. The third-order valence-electron chi connectivity index (χ3n) is 2.89. The van der Waals surface area contributed by atoms with Gasteiger partial charge in [0, 0.05) is 6.54 Å². The molecule has 1 heterocycles. The van der Waals surface area contributed by atoms with Gasteiger partial charge in [0.15, 0.2) is 0 Å². The molecule has 0 saturated carbocycles. The lowest BCUT2D eigenvalue weighted by atomic mass is 10.1. The van der Waals surface area contributed by atoms with Crippen molar-refractivity contribution in [2.45, 2.75) is 13.5 Å². The van der Waals surface area contributed by atoms with Crippen molar-refractivity contribution in [2.75, 3.05) is 20.2 Å². The van der Waals surface area contributed by atoms with E-state index in [9.17, 15) is 4.79 Å². The van der Waals surface area contributed by atoms with Crippen LogP contribution in [0.4, 0.5) is 0 Å². The van der Waals surface area contributed by atoms with Gasteiger partial charge in [-0.25, -0.2) is 4.98 Å². The molecule has 0 aliphatic carbocycles. The summed E-state index contributed by atoms with van der Waals surface area (Å²) in [7, 11) is 1.87. The summed E-state index contributed by atoms with van der Waals surface area (Å²) in [6.45, 7) is 3.10. The van der Waals surface area contributed by atoms with Crippen molar-refractivity contribution in [1.82, 2.24) is 14.9 Å². The molecule has 0 bridgehead atoms. The molecule has 2 rings (SSSR count). The van der Waals surface area contributed by atoms with E-state index in [2.05, 4.69) is 9.97 Å². The van der Waals surface area contributed by atoms with Crippen LogP contribution in [0.3, 0.4) is 0 Å². The Hall–Kier alpha value is -1.72. The minimum absolute atomic E-state index is 0.0906. The normalized spacial score (nSPS) is 11.3. The number of likely N-dealkylation sites (N-methyl/N-ethyl adjacent to an activating group) is 1. The van der Waals surface area contributed by atoms with Crippen LogP contribution in [0.2, 0.25) is 0 Å². The van der Waals surface area contributed by atoms with Gasteiger partial charge < -0.3 is 10.1 Å². The number of aryl methyl sites for hydroxylation is 1. The summed E-state index contributed by atoms with van der Waals surface area (Å²) in [6, 6.07) is 5.57. The first-order valence-electron chi connectivity index (χ1n) is 5.89. The van der Waals surface area contributed by atoms with Crippen LogP contribution >= 0.6 is 0 Å². The van der Waals surface area contributed by atoms with Crippen LogP contribution < -0.4 is 5.56 Å². The smallest absolute Gasteiger partial charge is 0.258 e. The molecule has 18 heavy (non-hydrogen) atoms. The molecule has 0 aliphatic heterocycles. The van der Waals surface area contributed by atoms with Crippen LogP contribution in [-0.2, 0) is 6.54 Å². The Balaban J connectivity index is 2.42. The van der Waals surface area contributed by atoms with Gasteiger partial charge in [-0.3, -0.25) is 9.69 Å². The van der Waals surface area contributed by atoms with Gasteiger partial charge in [0.1, 0.15) is 5.82 Å². The maximum atomic E-state index is 11.9. The summed E-state index contributed by atoms with van der Waals surface area (Å²) in [5, 5.41) is 9.47. The highest BCUT2D eigenvalue weighted by Crippen LogP contribution is 2.12. The molecule has 0 spiro atoms. The van der Waals surface area contributed by atoms with E-state index >= 15 is 0 Å². The standard InChI is InChI=1S/C13H17N3O2/c1-9-4-3-5-10-12(9)14-11(15-13(10)18)8-16(2)6-7-17/h3-5,17H,6-8H2,1-2H3,(H,14,15,18). The number of nitrogens with zero attached hydrogens (tertiary/aromatic N) is 2. The molecule has 0 unspecified atom stereocenters. The number of hydrogen-bond donors (Lipinski definition) is 2. The minimum Gasteiger partial charge on any atom is -0.395 e. The average Bonchev–Trinajstić information content (AvgIpc) is 2.31. The SMILES string of the molecule is Cc1cccc2c(=O)[nH]c(CN(C)CCO)nc12. The zero-order valence-electron chi connectivity index (χ0n) is 10.6. The number of H-pyrrole nitrogens is 1. The second-order valence-electron chi connectivity index (χ2n) is 4.45. The molecular formula is C13H17N3O2. The Kier molecular flexibility index (Phi) is 3.74. The van der Waals surface area contributed by atoms with Crippen molar-refractivity contribution >= 4 is 10.9 Å². The van der Waals surface area contributed by atoms with Gasteiger partial charge in [-0.05, 0) is 25.6 Å². The van der Waals surface area contributed by atoms with Crippen LogP contribution in [0.1, 0.15) is 11.4 Å². The third-order valence-corrected chi connectivity index (χ3v) is 2.89. The van der Waals surface area contributed by atoms with E-state index < -0.39 is 0 Å². The Morgan fingerprint density at radius 3 is 2.94 bits per heavy atom. The maximum absolute atomic E-state index is 11.9. The molecule has 0 saturated heterocycles. The Labute approximate surface area is 105 Å². The second-order valence-corrected chi connectivity index (χ2v) is 4.45. The third kappa shape index (κ3) is 2.57. The zero-order valence-corrected chi connectivity index (χ0v) is 10.6. The molecule has 0 amide bonds. The molecule has 0 fully saturated rings. The first-order valence-corrected chi connectivity index (χ1v) is 5.89. The van der Waals surface area contributed by atoms with Gasteiger partial charge in [0.05, 0.1) is 24.1 Å². The highest BCUT2D eigenvalue weighted by molar-refractivity contribution is 5.80. The van der Waals surface area contributed by atoms with Crippen LogP contribution in [0.25, 0.3) is 10.9 Å². The molecule has 0 atom stereocenters. The Bertz CT molecular complexity index is 607. The number of fused-ring (bicyclic) bond motifs is 1. The van der Waals surface area contributed by atoms with E-state index in [1.807, 2.05) is 31.0 Å². The summed E-state index contributed by atoms with van der Waals surface area (Å²) < 4.78 is 0. The van der Waals surface area contributed by atoms with E-state index in [1.54, 1.807) is 6.07 Å². The number of aliphatic hydroxyl groups is 1. The Morgan fingerprint density at radius 2 is 2.22 bits per heavy atom. The lowest BCUT2D eigenvalue weighted by molar-refractivity contribution is 0.214. The topological polar surface area (TPSA) is 69.2 Å². The number of rotatable bonds is 4. The summed E-state index contributed by atoms with van der Waals surface area (Å²) in [5.74, 6) is 0.623. The van der Waals surface area contributed by atoms with Gasteiger partial charge in [0.2, 0.25) is 0 Å². The van der Waals surface area contributed by atoms with Crippen molar-refractivity contribution < 1.29 is 5.11 Å². The summed E-state index contributed by atoms with van der Waals surface area (Å²) in [6.07, 6.45) is 0. The van der Waals surface area contributed by atoms with Gasteiger partial charge >= 0.3 is 0 Å². The molecule has 5 nitrogen and oxygen atoms in total. The lowest BCUT2D eigenvalue weighted by Crippen LogP contribution is -2.24. The molecule has 96 valence electrons. The molecule has 1 aromatic carbocycles. The molecule has 1 aromatic heterocycles. The number of para-hydroxylation sites is 1. The highest BCUT2D eigenvalue weighted by atomic mass is 16.3. The fourth-order valence-electron chi connectivity index (χ4n) is 1.93. The van der Waals surface area contributed by atoms with E-state index in [1.165, 1.54) is 0 Å². The summed E-state index contributed by atoms with van der Waals surface area (Å²) >= 11 is 0. The molecule has 2 aromatic rings. The quantitative estimate of drug-likeness (QED) is 0.832. The van der Waals surface area contributed by atoms with Crippen LogP contribution in [0, 0.1) is 6.92 Å². The number of nitrogens with one attached hydrogen (secondary N) is 1. The minimum atomic E-state index is -0.115. The van der Waals surface area contributed by atoms with E-state index in [0.29, 0.717) is 24.3 Å². The summed E-state index contributed by atoms with van der Waals surface area (Å²) in [5.41, 5.74) is 1.62. The number of aromatic amines is 1. The second kappa shape index (κ2) is 5.29. The molecule has 0 radical (unpaired) electrons.